The van der Waals surface area contributed by atoms with Crippen LogP contribution in [0.1, 0.15) is 11.3 Å². The molecule has 1 saturated heterocycles. The first kappa shape index (κ1) is 12.4. The minimum atomic E-state index is -0.394. The summed E-state index contributed by atoms with van der Waals surface area (Å²) < 4.78 is 0. The maximum absolute atomic E-state index is 11.9. The maximum atomic E-state index is 11.9. The van der Waals surface area contributed by atoms with Gasteiger partial charge < -0.3 is 10.6 Å². The van der Waals surface area contributed by atoms with E-state index in [1.165, 1.54) is 0 Å². The van der Waals surface area contributed by atoms with E-state index < -0.39 is 6.04 Å². The van der Waals surface area contributed by atoms with Gasteiger partial charge in [-0.1, -0.05) is 6.07 Å². The first-order valence-electron chi connectivity index (χ1n) is 5.43. The second-order valence-corrected chi connectivity index (χ2v) is 5.92. The predicted octanol–water partition coefficient (Wildman–Crippen LogP) is 0.986. The van der Waals surface area contributed by atoms with E-state index in [0.29, 0.717) is 18.7 Å². The van der Waals surface area contributed by atoms with Crippen molar-refractivity contribution in [1.82, 2.24) is 10.6 Å². The van der Waals surface area contributed by atoms with Crippen molar-refractivity contribution in [2.45, 2.75) is 19.0 Å². The van der Waals surface area contributed by atoms with Gasteiger partial charge in [-0.25, -0.2) is 0 Å². The van der Waals surface area contributed by atoms with Gasteiger partial charge in [-0.3, -0.25) is 9.59 Å². The molecule has 0 radical (unpaired) electrons. The van der Waals surface area contributed by atoms with Crippen molar-refractivity contribution in [2.75, 3.05) is 11.5 Å². The van der Waals surface area contributed by atoms with Crippen LogP contribution in [0, 0.1) is 0 Å². The maximum Gasteiger partial charge on any atom is 0.243 e. The molecule has 17 heavy (non-hydrogen) atoms. The number of carbonyl (C=O) groups is 2. The van der Waals surface area contributed by atoms with E-state index in [4.69, 9.17) is 0 Å². The second-order valence-electron chi connectivity index (χ2n) is 3.74. The van der Waals surface area contributed by atoms with Crippen molar-refractivity contribution >= 4 is 34.9 Å². The Bertz CT molecular complexity index is 392. The molecule has 0 bridgehead atoms. The van der Waals surface area contributed by atoms with Crippen LogP contribution < -0.4 is 10.6 Å². The highest BCUT2D eigenvalue weighted by molar-refractivity contribution is 7.99. The third-order valence-corrected chi connectivity index (χ3v) is 4.36. The summed E-state index contributed by atoms with van der Waals surface area (Å²) in [6.07, 6.45) is 0.499. The van der Waals surface area contributed by atoms with Gasteiger partial charge in [0.15, 0.2) is 0 Å². The number of thioether (sulfide) groups is 1. The number of amides is 2. The fourth-order valence-electron chi connectivity index (χ4n) is 1.53. The SMILES string of the molecule is O=C1CCSCC(C(=O)NCc2cccs2)N1. The Morgan fingerprint density at radius 2 is 2.47 bits per heavy atom. The molecule has 1 aliphatic heterocycles. The predicted molar refractivity (Wildman–Crippen MR) is 70.0 cm³/mol. The average molecular weight is 270 g/mol. The summed E-state index contributed by atoms with van der Waals surface area (Å²) in [5.41, 5.74) is 0. The number of carbonyl (C=O) groups excluding carboxylic acids is 2. The molecule has 4 nitrogen and oxygen atoms in total. The van der Waals surface area contributed by atoms with Crippen LogP contribution in [-0.4, -0.2) is 29.4 Å². The summed E-state index contributed by atoms with van der Waals surface area (Å²) in [7, 11) is 0. The number of hydrogen-bond donors (Lipinski definition) is 2. The van der Waals surface area contributed by atoms with Crippen molar-refractivity contribution in [3.05, 3.63) is 22.4 Å². The third kappa shape index (κ3) is 3.74. The van der Waals surface area contributed by atoms with E-state index in [0.717, 1.165) is 10.6 Å². The Morgan fingerprint density at radius 3 is 3.24 bits per heavy atom. The Hall–Kier alpha value is -1.01. The highest BCUT2D eigenvalue weighted by atomic mass is 32.2. The molecule has 92 valence electrons. The first-order valence-corrected chi connectivity index (χ1v) is 7.46. The normalized spacial score (nSPS) is 20.5. The quantitative estimate of drug-likeness (QED) is 0.861. The Kier molecular flexibility index (Phi) is 4.44. The van der Waals surface area contributed by atoms with E-state index in [9.17, 15) is 9.59 Å². The molecule has 0 spiro atoms. The van der Waals surface area contributed by atoms with E-state index >= 15 is 0 Å². The largest absolute Gasteiger partial charge is 0.349 e. The van der Waals surface area contributed by atoms with Crippen LogP contribution in [-0.2, 0) is 16.1 Å². The van der Waals surface area contributed by atoms with Gasteiger partial charge in [-0.05, 0) is 11.4 Å². The smallest absolute Gasteiger partial charge is 0.243 e. The minimum Gasteiger partial charge on any atom is -0.349 e. The van der Waals surface area contributed by atoms with Gasteiger partial charge in [-0.15, -0.1) is 11.3 Å². The molecule has 1 aromatic rings. The van der Waals surface area contributed by atoms with Crippen LogP contribution >= 0.6 is 23.1 Å². The topological polar surface area (TPSA) is 58.2 Å². The Labute approximate surface area is 108 Å². The summed E-state index contributed by atoms with van der Waals surface area (Å²) >= 11 is 3.25. The number of thiophene rings is 1. The molecule has 2 rings (SSSR count). The first-order chi connectivity index (χ1) is 8.25. The van der Waals surface area contributed by atoms with Crippen LogP contribution in [0.5, 0.6) is 0 Å². The summed E-state index contributed by atoms with van der Waals surface area (Å²) in [6.45, 7) is 0.535. The molecule has 2 amide bonds. The van der Waals surface area contributed by atoms with Crippen molar-refractivity contribution in [1.29, 1.82) is 0 Å². The fraction of sp³-hybridized carbons (Fsp3) is 0.455. The van der Waals surface area contributed by atoms with E-state index in [1.54, 1.807) is 23.1 Å². The lowest BCUT2D eigenvalue weighted by atomic mass is 10.3. The molecule has 2 heterocycles. The van der Waals surface area contributed by atoms with E-state index in [2.05, 4.69) is 10.6 Å². The van der Waals surface area contributed by atoms with Gasteiger partial charge in [0.1, 0.15) is 6.04 Å². The van der Waals surface area contributed by atoms with Crippen molar-refractivity contribution < 1.29 is 9.59 Å². The highest BCUT2D eigenvalue weighted by Gasteiger charge is 2.22. The lowest BCUT2D eigenvalue weighted by Gasteiger charge is -2.14. The van der Waals surface area contributed by atoms with Gasteiger partial charge in [0.2, 0.25) is 11.8 Å². The lowest BCUT2D eigenvalue weighted by Crippen LogP contribution is -2.47. The molecular weight excluding hydrogens is 256 g/mol. The molecule has 1 unspecified atom stereocenters. The van der Waals surface area contributed by atoms with Crippen LogP contribution in [0.25, 0.3) is 0 Å². The molecule has 0 aromatic carbocycles. The number of rotatable bonds is 3. The molecule has 1 aromatic heterocycles. The van der Waals surface area contributed by atoms with Gasteiger partial charge >= 0.3 is 0 Å². The van der Waals surface area contributed by atoms with E-state index in [-0.39, 0.29) is 11.8 Å². The molecular formula is C11H14N2O2S2. The van der Waals surface area contributed by atoms with Gasteiger partial charge in [-0.2, -0.15) is 11.8 Å². The second kappa shape index (κ2) is 6.07. The van der Waals surface area contributed by atoms with Crippen molar-refractivity contribution in [3.8, 4) is 0 Å². The Morgan fingerprint density at radius 1 is 1.59 bits per heavy atom. The fourth-order valence-corrected chi connectivity index (χ4v) is 3.14. The summed E-state index contributed by atoms with van der Waals surface area (Å²) in [5.74, 6) is 1.31. The van der Waals surface area contributed by atoms with Crippen molar-refractivity contribution in [2.24, 2.45) is 0 Å². The molecule has 6 heteroatoms. The van der Waals surface area contributed by atoms with Gasteiger partial charge in [0.25, 0.3) is 0 Å². The number of nitrogens with one attached hydrogen (secondary N) is 2. The zero-order valence-electron chi connectivity index (χ0n) is 9.27. The summed E-state index contributed by atoms with van der Waals surface area (Å²) in [4.78, 5) is 24.3. The Balaban J connectivity index is 1.84. The van der Waals surface area contributed by atoms with Crippen LogP contribution in [0.15, 0.2) is 17.5 Å². The van der Waals surface area contributed by atoms with Crippen LogP contribution in [0.3, 0.4) is 0 Å². The monoisotopic (exact) mass is 270 g/mol. The highest BCUT2D eigenvalue weighted by Crippen LogP contribution is 2.11. The lowest BCUT2D eigenvalue weighted by molar-refractivity contribution is -0.128. The zero-order chi connectivity index (χ0) is 12.1. The molecule has 0 saturated carbocycles. The summed E-state index contributed by atoms with van der Waals surface area (Å²) in [6, 6.07) is 3.54. The van der Waals surface area contributed by atoms with E-state index in [1.807, 2.05) is 17.5 Å². The molecule has 1 atom stereocenters. The summed E-state index contributed by atoms with van der Waals surface area (Å²) in [5, 5.41) is 7.56. The molecule has 1 fully saturated rings. The number of hydrogen-bond acceptors (Lipinski definition) is 4. The standard InChI is InChI=1S/C11H14N2O2S2/c14-10-3-5-16-7-9(13-10)11(15)12-6-8-2-1-4-17-8/h1-2,4,9H,3,5-7H2,(H,12,15)(H,13,14). The molecule has 0 aliphatic carbocycles. The minimum absolute atomic E-state index is 0.0359. The van der Waals surface area contributed by atoms with Gasteiger partial charge in [0, 0.05) is 22.8 Å². The van der Waals surface area contributed by atoms with Crippen LogP contribution in [0.2, 0.25) is 0 Å². The molecule has 1 aliphatic rings. The average Bonchev–Trinajstić information content (AvgIpc) is 2.74. The zero-order valence-corrected chi connectivity index (χ0v) is 10.9. The van der Waals surface area contributed by atoms with Crippen molar-refractivity contribution in [3.63, 3.8) is 0 Å². The van der Waals surface area contributed by atoms with Crippen LogP contribution in [0.4, 0.5) is 0 Å². The third-order valence-electron chi connectivity index (χ3n) is 2.43. The molecule has 2 N–H and O–H groups in total. The van der Waals surface area contributed by atoms with Gasteiger partial charge in [0.05, 0.1) is 6.54 Å².